The van der Waals surface area contributed by atoms with Crippen molar-refractivity contribution in [2.45, 2.75) is 37.9 Å². The molecule has 9 heteroatoms. The molecule has 0 heterocycles. The van der Waals surface area contributed by atoms with Gasteiger partial charge >= 0.3 is 6.09 Å². The Bertz CT molecular complexity index is 637. The molecule has 0 spiro atoms. The van der Waals surface area contributed by atoms with Crippen LogP contribution in [0.1, 0.15) is 31.2 Å². The maximum absolute atomic E-state index is 14.9. The predicted molar refractivity (Wildman–Crippen MR) is 92.6 cm³/mol. The van der Waals surface area contributed by atoms with Gasteiger partial charge in [-0.25, -0.2) is 18.0 Å². The summed E-state index contributed by atoms with van der Waals surface area (Å²) in [7, 11) is 0. The average molecular weight is 437 g/mol. The number of carbonyl (C=O) groups is 2. The van der Waals surface area contributed by atoms with Gasteiger partial charge in [0.15, 0.2) is 0 Å². The fourth-order valence-electron chi connectivity index (χ4n) is 3.09. The molecule has 26 heavy (non-hydrogen) atoms. The van der Waals surface area contributed by atoms with E-state index in [1.165, 1.54) is 24.3 Å². The molecule has 1 aliphatic rings. The minimum atomic E-state index is -3.41. The third-order valence-corrected chi connectivity index (χ3v) is 5.16. The summed E-state index contributed by atoms with van der Waals surface area (Å²) in [5.41, 5.74) is -0.316. The molecule has 2 amide bonds. The van der Waals surface area contributed by atoms with Crippen molar-refractivity contribution >= 4 is 27.9 Å². The summed E-state index contributed by atoms with van der Waals surface area (Å²) in [6.45, 7) is 0.284. The molecule has 5 nitrogen and oxygen atoms in total. The quantitative estimate of drug-likeness (QED) is 0.589. The summed E-state index contributed by atoms with van der Waals surface area (Å²) in [6.07, 6.45) is -2.58. The summed E-state index contributed by atoms with van der Waals surface area (Å²) in [6, 6.07) is 5.26. The normalized spacial score (nSPS) is 22.5. The Morgan fingerprint density at radius 2 is 1.77 bits per heavy atom. The van der Waals surface area contributed by atoms with E-state index < -0.39 is 30.1 Å². The van der Waals surface area contributed by atoms with Gasteiger partial charge in [-0.05, 0) is 43.7 Å². The minimum absolute atomic E-state index is 0.0897. The van der Waals surface area contributed by atoms with Gasteiger partial charge in [-0.3, -0.25) is 4.79 Å². The fourth-order valence-corrected chi connectivity index (χ4v) is 3.35. The van der Waals surface area contributed by atoms with Crippen molar-refractivity contribution in [1.82, 2.24) is 10.6 Å². The Labute approximate surface area is 157 Å². The van der Waals surface area contributed by atoms with Gasteiger partial charge < -0.3 is 15.7 Å². The van der Waals surface area contributed by atoms with Crippen LogP contribution in [0, 0.1) is 11.8 Å². The fraction of sp³-hybridized carbons (Fsp3) is 0.529. The zero-order valence-corrected chi connectivity index (χ0v) is 15.4. The number of carbonyl (C=O) groups excluding carboxylic acids is 1. The highest BCUT2D eigenvalue weighted by molar-refractivity contribution is 9.10. The monoisotopic (exact) mass is 436 g/mol. The molecule has 0 aromatic heterocycles. The van der Waals surface area contributed by atoms with Crippen LogP contribution >= 0.6 is 15.9 Å². The zero-order chi connectivity index (χ0) is 19.3. The van der Waals surface area contributed by atoms with Gasteiger partial charge in [0.2, 0.25) is 5.91 Å². The number of carboxylic acid groups (broad SMARTS) is 1. The molecule has 0 radical (unpaired) electrons. The number of nitrogens with one attached hydrogen (secondary N) is 2. The largest absolute Gasteiger partial charge is 0.465 e. The van der Waals surface area contributed by atoms with Crippen molar-refractivity contribution in [1.29, 1.82) is 0 Å². The smallest absolute Gasteiger partial charge is 0.404 e. The number of halogens is 4. The first-order valence-electron chi connectivity index (χ1n) is 8.24. The average Bonchev–Trinajstić information content (AvgIpc) is 2.60. The van der Waals surface area contributed by atoms with E-state index in [0.717, 1.165) is 0 Å². The Balaban J connectivity index is 1.98. The van der Waals surface area contributed by atoms with E-state index in [-0.39, 0.29) is 18.0 Å². The van der Waals surface area contributed by atoms with Crippen molar-refractivity contribution in [3.63, 3.8) is 0 Å². The van der Waals surface area contributed by atoms with Crippen LogP contribution < -0.4 is 10.6 Å². The van der Waals surface area contributed by atoms with Crippen molar-refractivity contribution in [3.8, 4) is 0 Å². The lowest BCUT2D eigenvalue weighted by Crippen LogP contribution is -2.50. The van der Waals surface area contributed by atoms with Gasteiger partial charge in [-0.2, -0.15) is 0 Å². The molecule has 1 unspecified atom stereocenters. The molecule has 1 saturated carbocycles. The molecule has 1 aromatic rings. The van der Waals surface area contributed by atoms with Gasteiger partial charge in [0.25, 0.3) is 12.2 Å². The molecule has 1 aromatic carbocycles. The number of hydrogen-bond acceptors (Lipinski definition) is 2. The van der Waals surface area contributed by atoms with Gasteiger partial charge in [0.05, 0.1) is 0 Å². The predicted octanol–water partition coefficient (Wildman–Crippen LogP) is 4.03. The lowest BCUT2D eigenvalue weighted by molar-refractivity contribution is -0.139. The molecule has 2 rings (SSSR count). The van der Waals surface area contributed by atoms with Crippen molar-refractivity contribution < 1.29 is 27.9 Å². The van der Waals surface area contributed by atoms with Gasteiger partial charge in [-0.1, -0.05) is 28.1 Å². The minimum Gasteiger partial charge on any atom is -0.465 e. The number of amides is 2. The van der Waals surface area contributed by atoms with Crippen LogP contribution in [0.2, 0.25) is 0 Å². The van der Waals surface area contributed by atoms with E-state index in [1.807, 2.05) is 5.32 Å². The highest BCUT2D eigenvalue weighted by Crippen LogP contribution is 2.34. The summed E-state index contributed by atoms with van der Waals surface area (Å²) in [5.74, 6) is -4.48. The van der Waals surface area contributed by atoms with Crippen LogP contribution in [0.4, 0.5) is 18.0 Å². The summed E-state index contributed by atoms with van der Waals surface area (Å²) in [5, 5.41) is 12.8. The first kappa shape index (κ1) is 20.5. The van der Waals surface area contributed by atoms with Crippen molar-refractivity contribution in [2.75, 3.05) is 6.54 Å². The van der Waals surface area contributed by atoms with Crippen LogP contribution in [0.25, 0.3) is 0 Å². The van der Waals surface area contributed by atoms with Crippen molar-refractivity contribution in [2.24, 2.45) is 11.8 Å². The van der Waals surface area contributed by atoms with Crippen molar-refractivity contribution in [3.05, 3.63) is 34.3 Å². The highest BCUT2D eigenvalue weighted by atomic mass is 79.9. The maximum Gasteiger partial charge on any atom is 0.404 e. The molecular weight excluding hydrogens is 417 g/mol. The third-order valence-electron chi connectivity index (χ3n) is 4.63. The van der Waals surface area contributed by atoms with E-state index in [2.05, 4.69) is 21.2 Å². The number of rotatable bonds is 6. The van der Waals surface area contributed by atoms with Crippen LogP contribution in [-0.4, -0.2) is 30.1 Å². The first-order chi connectivity index (χ1) is 12.2. The SMILES string of the molecule is O=C(O)NCC1CCC(C(=O)NC(F)(c2ccc(Br)cc2)C(F)F)CC1. The third kappa shape index (κ3) is 5.12. The summed E-state index contributed by atoms with van der Waals surface area (Å²) < 4.78 is 42.2. The number of hydrogen-bond donors (Lipinski definition) is 3. The van der Waals surface area contributed by atoms with E-state index in [1.54, 1.807) is 0 Å². The van der Waals surface area contributed by atoms with Crippen LogP contribution in [0.3, 0.4) is 0 Å². The van der Waals surface area contributed by atoms with E-state index >= 15 is 0 Å². The van der Waals surface area contributed by atoms with Crippen LogP contribution in [0.15, 0.2) is 28.7 Å². The lowest BCUT2D eigenvalue weighted by atomic mass is 9.81. The van der Waals surface area contributed by atoms with Crippen LogP contribution in [-0.2, 0) is 10.6 Å². The molecule has 1 fully saturated rings. The van der Waals surface area contributed by atoms with Crippen LogP contribution in [0.5, 0.6) is 0 Å². The Morgan fingerprint density at radius 1 is 1.19 bits per heavy atom. The van der Waals surface area contributed by atoms with E-state index in [9.17, 15) is 22.8 Å². The maximum atomic E-state index is 14.9. The van der Waals surface area contributed by atoms with E-state index in [4.69, 9.17) is 5.11 Å². The van der Waals surface area contributed by atoms with Gasteiger partial charge in [0.1, 0.15) is 0 Å². The molecule has 144 valence electrons. The van der Waals surface area contributed by atoms with Gasteiger partial charge in [-0.15, -0.1) is 0 Å². The molecule has 0 saturated heterocycles. The second kappa shape index (κ2) is 8.75. The zero-order valence-electron chi connectivity index (χ0n) is 13.9. The summed E-state index contributed by atoms with van der Waals surface area (Å²) >= 11 is 3.15. The second-order valence-electron chi connectivity index (χ2n) is 6.41. The molecule has 1 aliphatic carbocycles. The second-order valence-corrected chi connectivity index (χ2v) is 7.33. The first-order valence-corrected chi connectivity index (χ1v) is 9.03. The topological polar surface area (TPSA) is 78.4 Å². The van der Waals surface area contributed by atoms with E-state index in [0.29, 0.717) is 30.2 Å². The Morgan fingerprint density at radius 3 is 2.27 bits per heavy atom. The Hall–Kier alpha value is -1.77. The molecule has 0 bridgehead atoms. The molecular formula is C17H20BrF3N2O3. The molecule has 1 atom stereocenters. The lowest BCUT2D eigenvalue weighted by Gasteiger charge is -2.31. The Kier molecular flexibility index (Phi) is 6.91. The number of benzene rings is 1. The molecule has 0 aliphatic heterocycles. The summed E-state index contributed by atoms with van der Waals surface area (Å²) in [4.78, 5) is 22.8. The number of alkyl halides is 3. The molecule has 3 N–H and O–H groups in total. The van der Waals surface area contributed by atoms with Gasteiger partial charge in [0, 0.05) is 22.5 Å². The standard InChI is InChI=1S/C17H20BrF3N2O3/c18-13-7-5-12(6-8-13)17(21,15(19)20)23-14(24)11-3-1-10(2-4-11)9-22-16(25)26/h5-8,10-11,15,22H,1-4,9H2,(H,23,24)(H,25,26). The highest BCUT2D eigenvalue weighted by Gasteiger charge is 2.45.